The zero-order valence-corrected chi connectivity index (χ0v) is 32.0. The van der Waals surface area contributed by atoms with E-state index in [1.807, 2.05) is 67.3 Å². The Balaban J connectivity index is 1.05. The molecule has 0 amide bonds. The van der Waals surface area contributed by atoms with E-state index in [0.717, 1.165) is 104 Å². The van der Waals surface area contributed by atoms with Crippen molar-refractivity contribution in [1.29, 1.82) is 0 Å². The predicted octanol–water partition coefficient (Wildman–Crippen LogP) is 12.7. The van der Waals surface area contributed by atoms with Gasteiger partial charge in [-0.1, -0.05) is 127 Å². The highest BCUT2D eigenvalue weighted by atomic mass is 15.0. The van der Waals surface area contributed by atoms with Gasteiger partial charge in [0.2, 0.25) is 0 Å². The highest BCUT2D eigenvalue weighted by molar-refractivity contribution is 6.14. The van der Waals surface area contributed by atoms with Gasteiger partial charge < -0.3 is 0 Å². The summed E-state index contributed by atoms with van der Waals surface area (Å²) in [5, 5.41) is 8.50. The van der Waals surface area contributed by atoms with Crippen LogP contribution in [0, 0.1) is 0 Å². The van der Waals surface area contributed by atoms with Gasteiger partial charge in [0.25, 0.3) is 0 Å². The van der Waals surface area contributed by atoms with Crippen molar-refractivity contribution >= 4 is 65.2 Å². The van der Waals surface area contributed by atoms with E-state index < -0.39 is 0 Å². The number of hydrogen-bond acceptors (Lipinski definition) is 7. The number of nitrogens with zero attached hydrogens (tertiary/aromatic N) is 7. The van der Waals surface area contributed by atoms with Gasteiger partial charge in [0.1, 0.15) is 0 Å². The molecule has 5 aromatic heterocycles. The fourth-order valence-corrected chi connectivity index (χ4v) is 8.77. The molecule has 0 N–H and O–H groups in total. The second-order valence-electron chi connectivity index (χ2n) is 14.9. The van der Waals surface area contributed by atoms with Gasteiger partial charge in [0, 0.05) is 63.0 Å². The molecule has 5 heterocycles. The van der Waals surface area contributed by atoms with E-state index in [-0.39, 0.29) is 0 Å². The summed E-state index contributed by atoms with van der Waals surface area (Å²) in [6.07, 6.45) is 7.41. The largest absolute Gasteiger partial charge is 0.254 e. The first-order valence-corrected chi connectivity index (χ1v) is 19.9. The van der Waals surface area contributed by atoms with Gasteiger partial charge in [-0.3, -0.25) is 19.9 Å². The lowest BCUT2D eigenvalue weighted by atomic mass is 9.92. The summed E-state index contributed by atoms with van der Waals surface area (Å²) in [5.74, 6) is 1.81. The second kappa shape index (κ2) is 13.7. The molecule has 0 bridgehead atoms. The van der Waals surface area contributed by atoms with Crippen LogP contribution in [0.4, 0.5) is 0 Å². The number of hydrogen-bond donors (Lipinski definition) is 0. The molecule has 12 aromatic rings. The molecule has 0 unspecified atom stereocenters. The summed E-state index contributed by atoms with van der Waals surface area (Å²) in [4.78, 5) is 34.7. The maximum absolute atomic E-state index is 5.31. The van der Waals surface area contributed by atoms with E-state index in [9.17, 15) is 0 Å². The molecular formula is C53H31N7. The summed E-state index contributed by atoms with van der Waals surface area (Å²) >= 11 is 0. The van der Waals surface area contributed by atoms with Crippen LogP contribution in [0.1, 0.15) is 0 Å². The van der Waals surface area contributed by atoms with E-state index in [1.54, 1.807) is 0 Å². The molecule has 7 heteroatoms. The molecule has 0 spiro atoms. The zero-order chi connectivity index (χ0) is 39.6. The average molecular weight is 766 g/mol. The molecule has 0 aliphatic heterocycles. The monoisotopic (exact) mass is 765 g/mol. The van der Waals surface area contributed by atoms with Gasteiger partial charge in [0.15, 0.2) is 17.5 Å². The van der Waals surface area contributed by atoms with Crippen LogP contribution in [-0.2, 0) is 0 Å². The lowest BCUT2D eigenvalue weighted by molar-refractivity contribution is 1.08. The van der Waals surface area contributed by atoms with Crippen LogP contribution in [0.2, 0.25) is 0 Å². The molecule has 0 saturated heterocycles. The maximum atomic E-state index is 5.31. The quantitative estimate of drug-likeness (QED) is 0.161. The van der Waals surface area contributed by atoms with E-state index >= 15 is 0 Å². The summed E-state index contributed by atoms with van der Waals surface area (Å²) < 4.78 is 0. The normalized spacial score (nSPS) is 11.7. The predicted molar refractivity (Wildman–Crippen MR) is 243 cm³/mol. The van der Waals surface area contributed by atoms with Gasteiger partial charge >= 0.3 is 0 Å². The molecule has 7 aromatic carbocycles. The van der Waals surface area contributed by atoms with Crippen molar-refractivity contribution in [3.05, 3.63) is 189 Å². The minimum Gasteiger partial charge on any atom is -0.254 e. The molecule has 12 rings (SSSR count). The van der Waals surface area contributed by atoms with E-state index in [1.165, 1.54) is 0 Å². The Bertz CT molecular complexity index is 3460. The molecule has 0 fully saturated rings. The Morgan fingerprint density at radius 3 is 1.13 bits per heavy atom. The molecular weight excluding hydrogens is 735 g/mol. The third-order valence-corrected chi connectivity index (χ3v) is 11.5. The summed E-state index contributed by atoms with van der Waals surface area (Å²) in [6.45, 7) is 0. The van der Waals surface area contributed by atoms with Crippen LogP contribution in [0.15, 0.2) is 189 Å². The molecule has 278 valence electrons. The zero-order valence-electron chi connectivity index (χ0n) is 32.0. The third-order valence-electron chi connectivity index (χ3n) is 11.5. The van der Waals surface area contributed by atoms with Gasteiger partial charge in [-0.15, -0.1) is 0 Å². The first-order chi connectivity index (χ1) is 29.8. The van der Waals surface area contributed by atoms with Crippen molar-refractivity contribution in [2.45, 2.75) is 0 Å². The Morgan fingerprint density at radius 1 is 0.233 bits per heavy atom. The van der Waals surface area contributed by atoms with Crippen LogP contribution >= 0.6 is 0 Å². The molecule has 0 atom stereocenters. The summed E-state index contributed by atoms with van der Waals surface area (Å²) in [7, 11) is 0. The molecule has 0 aliphatic carbocycles. The average Bonchev–Trinajstić information content (AvgIpc) is 3.33. The van der Waals surface area contributed by atoms with E-state index in [0.29, 0.717) is 17.5 Å². The second-order valence-corrected chi connectivity index (χ2v) is 14.9. The van der Waals surface area contributed by atoms with E-state index in [4.69, 9.17) is 34.9 Å². The first-order valence-electron chi connectivity index (χ1n) is 19.9. The van der Waals surface area contributed by atoms with Crippen molar-refractivity contribution in [3.8, 4) is 56.4 Å². The molecule has 0 aliphatic rings. The number of fused-ring (bicyclic) bond motifs is 8. The molecule has 7 nitrogen and oxygen atoms in total. The SMILES string of the molecule is c1ccc(-c2nc(-c3ccc(-c4ccnc5c4ccc4cccnc45)c4ccccc34)nc(-c3ccc(-c4ccnc5c4ccc4cccnc45)c4ccccc34)n2)cc1. The Kier molecular flexibility index (Phi) is 7.71. The Morgan fingerprint density at radius 2 is 0.633 bits per heavy atom. The fourth-order valence-electron chi connectivity index (χ4n) is 8.77. The number of benzene rings is 7. The highest BCUT2D eigenvalue weighted by Gasteiger charge is 2.20. The highest BCUT2D eigenvalue weighted by Crippen LogP contribution is 2.41. The summed E-state index contributed by atoms with van der Waals surface area (Å²) in [5.41, 5.74) is 10.7. The van der Waals surface area contributed by atoms with Crippen molar-refractivity contribution in [3.63, 3.8) is 0 Å². The van der Waals surface area contributed by atoms with Gasteiger partial charge in [-0.05, 0) is 80.2 Å². The number of rotatable bonds is 5. The fraction of sp³-hybridized carbons (Fsp3) is 0. The smallest absolute Gasteiger partial charge is 0.164 e. The summed E-state index contributed by atoms with van der Waals surface area (Å²) in [6, 6.07) is 56.6. The lowest BCUT2D eigenvalue weighted by Crippen LogP contribution is -2.01. The topological polar surface area (TPSA) is 90.2 Å². The standard InChI is InChI=1S/C53H31N7/c1-2-10-34(11-3-1)51-58-52(45-24-22-39(35-14-4-6-16-37(35)45)41-26-30-56-49-43(41)20-18-32-12-8-28-54-47(32)49)60-53(59-51)46-25-23-40(36-15-5-7-17-38(36)46)42-27-31-57-50-44(42)21-19-33-13-9-29-55-48(33)50/h1-31H. The Hall–Kier alpha value is -8.29. The van der Waals surface area contributed by atoms with Crippen molar-refractivity contribution < 1.29 is 0 Å². The van der Waals surface area contributed by atoms with Crippen LogP contribution < -0.4 is 0 Å². The van der Waals surface area contributed by atoms with Gasteiger partial charge in [0.05, 0.1) is 22.1 Å². The number of aromatic nitrogens is 7. The van der Waals surface area contributed by atoms with Crippen LogP contribution in [-0.4, -0.2) is 34.9 Å². The lowest BCUT2D eigenvalue weighted by Gasteiger charge is -2.16. The van der Waals surface area contributed by atoms with Gasteiger partial charge in [-0.2, -0.15) is 0 Å². The first kappa shape index (κ1) is 33.8. The van der Waals surface area contributed by atoms with E-state index in [2.05, 4.69) is 121 Å². The van der Waals surface area contributed by atoms with Crippen LogP contribution in [0.3, 0.4) is 0 Å². The van der Waals surface area contributed by atoms with Crippen LogP contribution in [0.5, 0.6) is 0 Å². The molecule has 0 radical (unpaired) electrons. The molecule has 0 saturated carbocycles. The van der Waals surface area contributed by atoms with Crippen molar-refractivity contribution in [2.75, 3.05) is 0 Å². The Labute approximate surface area is 343 Å². The minimum atomic E-state index is 0.601. The molecule has 60 heavy (non-hydrogen) atoms. The minimum absolute atomic E-state index is 0.601. The van der Waals surface area contributed by atoms with Crippen LogP contribution in [0.25, 0.3) is 122 Å². The number of pyridine rings is 4. The van der Waals surface area contributed by atoms with Gasteiger partial charge in [-0.25, -0.2) is 15.0 Å². The third kappa shape index (κ3) is 5.41. The van der Waals surface area contributed by atoms with Crippen molar-refractivity contribution in [2.24, 2.45) is 0 Å². The maximum Gasteiger partial charge on any atom is 0.164 e. The van der Waals surface area contributed by atoms with Crippen molar-refractivity contribution in [1.82, 2.24) is 34.9 Å².